The standard InChI is InChI=1S/C17H33NO2/c1-6-8-9-15(7-2)17(3,4)20-16(19)14-10-12-18(5)13-11-14/h14-15H,6-13H2,1-5H3. The number of rotatable bonds is 7. The van der Waals surface area contributed by atoms with Crippen LogP contribution in [0.3, 0.4) is 0 Å². The van der Waals surface area contributed by atoms with Crippen molar-refractivity contribution in [2.24, 2.45) is 11.8 Å². The minimum absolute atomic E-state index is 0.0260. The van der Waals surface area contributed by atoms with E-state index < -0.39 is 0 Å². The van der Waals surface area contributed by atoms with E-state index >= 15 is 0 Å². The molecule has 0 N–H and O–H groups in total. The molecule has 0 radical (unpaired) electrons. The second-order valence-electron chi connectivity index (χ2n) is 6.85. The van der Waals surface area contributed by atoms with Gasteiger partial charge in [-0.1, -0.05) is 26.7 Å². The third-order valence-electron chi connectivity index (χ3n) is 4.80. The van der Waals surface area contributed by atoms with E-state index in [1.54, 1.807) is 0 Å². The molecule has 0 amide bonds. The Balaban J connectivity index is 2.52. The summed E-state index contributed by atoms with van der Waals surface area (Å²) in [6.45, 7) is 10.6. The number of carbonyl (C=O) groups excluding carboxylic acids is 1. The smallest absolute Gasteiger partial charge is 0.309 e. The van der Waals surface area contributed by atoms with Crippen molar-refractivity contribution in [3.63, 3.8) is 0 Å². The fourth-order valence-corrected chi connectivity index (χ4v) is 3.16. The number of hydrogen-bond donors (Lipinski definition) is 0. The van der Waals surface area contributed by atoms with Gasteiger partial charge in [-0.05, 0) is 65.6 Å². The van der Waals surface area contributed by atoms with Crippen molar-refractivity contribution in [2.75, 3.05) is 20.1 Å². The van der Waals surface area contributed by atoms with Crippen LogP contribution in [0.2, 0.25) is 0 Å². The Morgan fingerprint density at radius 2 is 1.90 bits per heavy atom. The minimum atomic E-state index is -0.329. The van der Waals surface area contributed by atoms with Crippen molar-refractivity contribution in [2.45, 2.75) is 71.8 Å². The Kier molecular flexibility index (Phi) is 7.01. The summed E-state index contributed by atoms with van der Waals surface area (Å²) < 4.78 is 5.91. The zero-order valence-corrected chi connectivity index (χ0v) is 14.1. The van der Waals surface area contributed by atoms with Gasteiger partial charge in [0.2, 0.25) is 0 Å². The molecule has 1 aliphatic rings. The van der Waals surface area contributed by atoms with E-state index in [1.807, 2.05) is 0 Å². The number of hydrogen-bond acceptors (Lipinski definition) is 3. The van der Waals surface area contributed by atoms with Crippen LogP contribution in [0, 0.1) is 11.8 Å². The van der Waals surface area contributed by atoms with Gasteiger partial charge < -0.3 is 9.64 Å². The maximum absolute atomic E-state index is 12.4. The monoisotopic (exact) mass is 283 g/mol. The van der Waals surface area contributed by atoms with Crippen LogP contribution >= 0.6 is 0 Å². The summed E-state index contributed by atoms with van der Waals surface area (Å²) in [5.41, 5.74) is -0.329. The van der Waals surface area contributed by atoms with Gasteiger partial charge >= 0.3 is 5.97 Å². The zero-order valence-electron chi connectivity index (χ0n) is 14.1. The molecule has 0 aromatic heterocycles. The third kappa shape index (κ3) is 5.08. The molecule has 1 atom stereocenters. The lowest BCUT2D eigenvalue weighted by Gasteiger charge is -2.36. The average Bonchev–Trinajstić information content (AvgIpc) is 2.39. The molecule has 1 fully saturated rings. The van der Waals surface area contributed by atoms with Gasteiger partial charge in [-0.25, -0.2) is 0 Å². The Hall–Kier alpha value is -0.570. The Morgan fingerprint density at radius 1 is 1.30 bits per heavy atom. The lowest BCUT2D eigenvalue weighted by atomic mass is 9.84. The predicted molar refractivity (Wildman–Crippen MR) is 83.7 cm³/mol. The highest BCUT2D eigenvalue weighted by atomic mass is 16.6. The van der Waals surface area contributed by atoms with Gasteiger partial charge in [0, 0.05) is 0 Å². The van der Waals surface area contributed by atoms with Crippen molar-refractivity contribution in [3.05, 3.63) is 0 Å². The molecule has 1 heterocycles. The number of ether oxygens (including phenoxy) is 1. The number of likely N-dealkylation sites (tertiary alicyclic amines) is 1. The van der Waals surface area contributed by atoms with E-state index in [2.05, 4.69) is 39.6 Å². The lowest BCUT2D eigenvalue weighted by Crippen LogP contribution is -2.41. The second-order valence-corrected chi connectivity index (χ2v) is 6.85. The molecule has 3 heteroatoms. The Labute approximate surface area is 125 Å². The van der Waals surface area contributed by atoms with E-state index in [1.165, 1.54) is 12.8 Å². The molecule has 0 saturated carbocycles. The lowest BCUT2D eigenvalue weighted by molar-refractivity contribution is -0.169. The first-order chi connectivity index (χ1) is 9.40. The molecule has 0 bridgehead atoms. The van der Waals surface area contributed by atoms with Gasteiger partial charge in [0.25, 0.3) is 0 Å². The molecule has 0 spiro atoms. The van der Waals surface area contributed by atoms with Crippen LogP contribution in [0.1, 0.15) is 66.2 Å². The van der Waals surface area contributed by atoms with Crippen molar-refractivity contribution in [3.8, 4) is 0 Å². The van der Waals surface area contributed by atoms with Crippen LogP contribution in [-0.2, 0) is 9.53 Å². The molecule has 1 unspecified atom stereocenters. The van der Waals surface area contributed by atoms with Crippen LogP contribution in [0.4, 0.5) is 0 Å². The predicted octanol–water partition coefficient (Wildman–Crippen LogP) is 3.87. The van der Waals surface area contributed by atoms with Gasteiger partial charge in [-0.2, -0.15) is 0 Å². The van der Waals surface area contributed by atoms with Crippen LogP contribution in [0.25, 0.3) is 0 Å². The number of esters is 1. The van der Waals surface area contributed by atoms with Gasteiger partial charge in [-0.3, -0.25) is 4.79 Å². The summed E-state index contributed by atoms with van der Waals surface area (Å²) in [6.07, 6.45) is 6.53. The van der Waals surface area contributed by atoms with Crippen molar-refractivity contribution in [1.82, 2.24) is 4.90 Å². The molecule has 1 rings (SSSR count). The summed E-state index contributed by atoms with van der Waals surface area (Å²) in [7, 11) is 2.11. The highest BCUT2D eigenvalue weighted by molar-refractivity contribution is 5.73. The van der Waals surface area contributed by atoms with Gasteiger partial charge in [-0.15, -0.1) is 0 Å². The molecule has 0 aromatic rings. The minimum Gasteiger partial charge on any atom is -0.459 e. The van der Waals surface area contributed by atoms with E-state index in [0.29, 0.717) is 5.92 Å². The van der Waals surface area contributed by atoms with Gasteiger partial charge in [0.15, 0.2) is 0 Å². The fraction of sp³-hybridized carbons (Fsp3) is 0.941. The largest absolute Gasteiger partial charge is 0.459 e. The maximum atomic E-state index is 12.4. The first-order valence-electron chi connectivity index (χ1n) is 8.32. The van der Waals surface area contributed by atoms with Crippen molar-refractivity contribution >= 4 is 5.97 Å². The molecule has 0 aliphatic carbocycles. The SMILES string of the molecule is CCCCC(CC)C(C)(C)OC(=O)C1CCN(C)CC1. The van der Waals surface area contributed by atoms with Crippen LogP contribution in [-0.4, -0.2) is 36.6 Å². The number of piperidine rings is 1. The topological polar surface area (TPSA) is 29.5 Å². The highest BCUT2D eigenvalue weighted by Gasteiger charge is 2.34. The first-order valence-corrected chi connectivity index (χ1v) is 8.32. The molecule has 1 aliphatic heterocycles. The summed E-state index contributed by atoms with van der Waals surface area (Å²) in [5, 5.41) is 0. The molecular weight excluding hydrogens is 250 g/mol. The Morgan fingerprint density at radius 3 is 2.40 bits per heavy atom. The quantitative estimate of drug-likeness (QED) is 0.664. The summed E-state index contributed by atoms with van der Waals surface area (Å²) in [5.74, 6) is 0.602. The summed E-state index contributed by atoms with van der Waals surface area (Å²) in [6, 6.07) is 0. The molecule has 1 saturated heterocycles. The number of unbranched alkanes of at least 4 members (excludes halogenated alkanes) is 1. The van der Waals surface area contributed by atoms with E-state index in [4.69, 9.17) is 4.74 Å². The van der Waals surface area contributed by atoms with Crippen LogP contribution in [0.15, 0.2) is 0 Å². The number of carbonyl (C=O) groups is 1. The molecule has 20 heavy (non-hydrogen) atoms. The second kappa shape index (κ2) is 8.02. The molecule has 118 valence electrons. The van der Waals surface area contributed by atoms with E-state index in [9.17, 15) is 4.79 Å². The number of nitrogens with zero attached hydrogens (tertiary/aromatic N) is 1. The van der Waals surface area contributed by atoms with Crippen LogP contribution in [0.5, 0.6) is 0 Å². The summed E-state index contributed by atoms with van der Waals surface area (Å²) >= 11 is 0. The highest BCUT2D eigenvalue weighted by Crippen LogP contribution is 2.31. The third-order valence-corrected chi connectivity index (χ3v) is 4.80. The van der Waals surface area contributed by atoms with E-state index in [0.717, 1.165) is 38.8 Å². The van der Waals surface area contributed by atoms with Gasteiger partial charge in [0.05, 0.1) is 5.92 Å². The molecule has 0 aromatic carbocycles. The fourth-order valence-electron chi connectivity index (χ4n) is 3.16. The first kappa shape index (κ1) is 17.5. The van der Waals surface area contributed by atoms with Crippen molar-refractivity contribution in [1.29, 1.82) is 0 Å². The van der Waals surface area contributed by atoms with Crippen molar-refractivity contribution < 1.29 is 9.53 Å². The average molecular weight is 283 g/mol. The van der Waals surface area contributed by atoms with Crippen LogP contribution < -0.4 is 0 Å². The molecular formula is C17H33NO2. The van der Waals surface area contributed by atoms with E-state index in [-0.39, 0.29) is 17.5 Å². The maximum Gasteiger partial charge on any atom is 0.309 e. The summed E-state index contributed by atoms with van der Waals surface area (Å²) in [4.78, 5) is 14.7. The zero-order chi connectivity index (χ0) is 15.2. The normalized spacial score (nSPS) is 19.9. The van der Waals surface area contributed by atoms with Gasteiger partial charge in [0.1, 0.15) is 5.60 Å². The Bertz CT molecular complexity index is 293. The molecule has 3 nitrogen and oxygen atoms in total.